The highest BCUT2D eigenvalue weighted by Crippen LogP contribution is 2.37. The smallest absolute Gasteiger partial charge is 0.128 e. The molecule has 1 unspecified atom stereocenters. The maximum atomic E-state index is 10.7. The number of benzene rings is 1. The van der Waals surface area contributed by atoms with Crippen molar-refractivity contribution in [2.75, 3.05) is 46.5 Å². The lowest BCUT2D eigenvalue weighted by molar-refractivity contribution is 0.0138. The van der Waals surface area contributed by atoms with Crippen molar-refractivity contribution in [3.63, 3.8) is 0 Å². The van der Waals surface area contributed by atoms with Gasteiger partial charge in [-0.2, -0.15) is 0 Å². The first-order chi connectivity index (χ1) is 10.6. The van der Waals surface area contributed by atoms with E-state index in [0.29, 0.717) is 43.5 Å². The van der Waals surface area contributed by atoms with Crippen molar-refractivity contribution >= 4 is 24.0 Å². The van der Waals surface area contributed by atoms with E-state index in [1.54, 1.807) is 7.11 Å². The molecule has 7 heteroatoms. The molecule has 1 atom stereocenters. The Bertz CT molecular complexity index is 509. The second-order valence-electron chi connectivity index (χ2n) is 5.56. The van der Waals surface area contributed by atoms with Crippen LogP contribution in [-0.2, 0) is 11.2 Å². The zero-order chi connectivity index (χ0) is 16.1. The molecule has 0 bridgehead atoms. The number of ether oxygens (including phenoxy) is 2. The molecule has 1 aromatic rings. The van der Waals surface area contributed by atoms with Gasteiger partial charge >= 0.3 is 0 Å². The van der Waals surface area contributed by atoms with Crippen molar-refractivity contribution in [2.24, 2.45) is 5.73 Å². The molecule has 1 aliphatic rings. The van der Waals surface area contributed by atoms with Crippen molar-refractivity contribution in [3.8, 4) is 5.75 Å². The Morgan fingerprint density at radius 2 is 2.09 bits per heavy atom. The Labute approximate surface area is 149 Å². The van der Waals surface area contributed by atoms with Crippen LogP contribution in [0.4, 0.5) is 0 Å². The molecule has 23 heavy (non-hydrogen) atoms. The normalized spacial score (nSPS) is 16.7. The van der Waals surface area contributed by atoms with Crippen LogP contribution in [0.5, 0.6) is 5.75 Å². The number of nitrogens with two attached hydrogens (primary N) is 1. The van der Waals surface area contributed by atoms with Crippen LogP contribution >= 0.6 is 24.0 Å². The van der Waals surface area contributed by atoms with Gasteiger partial charge in [-0.3, -0.25) is 4.90 Å². The predicted molar refractivity (Wildman–Crippen MR) is 95.0 cm³/mol. The molecule has 0 aliphatic carbocycles. The predicted octanol–water partition coefficient (Wildman–Crippen LogP) is 1.95. The van der Waals surface area contributed by atoms with Crippen LogP contribution in [0, 0.1) is 6.92 Å². The van der Waals surface area contributed by atoms with Crippen molar-refractivity contribution in [3.05, 3.63) is 27.8 Å². The summed E-state index contributed by atoms with van der Waals surface area (Å²) >= 11 is 6.33. The molecule has 1 heterocycles. The number of hydrogen-bond acceptors (Lipinski definition) is 5. The topological polar surface area (TPSA) is 68.0 Å². The average Bonchev–Trinajstić information content (AvgIpc) is 2.51. The minimum Gasteiger partial charge on any atom is -0.496 e. The van der Waals surface area contributed by atoms with Gasteiger partial charge in [0.25, 0.3) is 0 Å². The number of β-amino-alcohol motifs (C(OH)–C–C–N with tert-alkyl or cyclic N) is 1. The van der Waals surface area contributed by atoms with Gasteiger partial charge in [0.05, 0.1) is 26.4 Å². The Hall–Kier alpha value is -0.560. The fourth-order valence-electron chi connectivity index (χ4n) is 2.90. The molecule has 0 spiro atoms. The van der Waals surface area contributed by atoms with Gasteiger partial charge in [0.2, 0.25) is 0 Å². The molecule has 0 radical (unpaired) electrons. The second kappa shape index (κ2) is 9.67. The van der Waals surface area contributed by atoms with E-state index >= 15 is 0 Å². The van der Waals surface area contributed by atoms with Gasteiger partial charge in [-0.05, 0) is 37.1 Å². The SMILES string of the molecule is COc1c(CCN)cc(Cl)c(C)c1C(O)CN1CCOCC1.Cl. The second-order valence-corrected chi connectivity index (χ2v) is 5.96. The summed E-state index contributed by atoms with van der Waals surface area (Å²) in [4.78, 5) is 2.19. The van der Waals surface area contributed by atoms with Gasteiger partial charge in [0, 0.05) is 30.2 Å². The van der Waals surface area contributed by atoms with E-state index in [4.69, 9.17) is 26.8 Å². The highest BCUT2D eigenvalue weighted by molar-refractivity contribution is 6.31. The Balaban J connectivity index is 0.00000264. The quantitative estimate of drug-likeness (QED) is 0.807. The van der Waals surface area contributed by atoms with Crippen LogP contribution < -0.4 is 10.5 Å². The molecule has 1 aromatic carbocycles. The van der Waals surface area contributed by atoms with E-state index in [0.717, 1.165) is 29.8 Å². The van der Waals surface area contributed by atoms with Gasteiger partial charge in [-0.25, -0.2) is 0 Å². The zero-order valence-corrected chi connectivity index (χ0v) is 15.3. The highest BCUT2D eigenvalue weighted by atomic mass is 35.5. The first-order valence-corrected chi connectivity index (χ1v) is 8.00. The zero-order valence-electron chi connectivity index (χ0n) is 13.7. The number of halogens is 2. The van der Waals surface area contributed by atoms with E-state index in [2.05, 4.69) is 4.90 Å². The number of methoxy groups -OCH3 is 1. The molecule has 0 amide bonds. The van der Waals surface area contributed by atoms with Crippen LogP contribution in [0.2, 0.25) is 5.02 Å². The van der Waals surface area contributed by atoms with Crippen LogP contribution in [0.3, 0.4) is 0 Å². The van der Waals surface area contributed by atoms with Crippen LogP contribution in [0.25, 0.3) is 0 Å². The molecule has 1 fully saturated rings. The maximum absolute atomic E-state index is 10.7. The van der Waals surface area contributed by atoms with E-state index in [1.807, 2.05) is 13.0 Å². The first kappa shape index (κ1) is 20.5. The molecule has 5 nitrogen and oxygen atoms in total. The number of aliphatic hydroxyl groups is 1. The van der Waals surface area contributed by atoms with Crippen molar-refractivity contribution < 1.29 is 14.6 Å². The Kier molecular flexibility index (Phi) is 8.61. The average molecular weight is 365 g/mol. The summed E-state index contributed by atoms with van der Waals surface area (Å²) in [5, 5.41) is 11.4. The minimum atomic E-state index is -0.650. The number of morpholine rings is 1. The summed E-state index contributed by atoms with van der Waals surface area (Å²) < 4.78 is 10.9. The van der Waals surface area contributed by atoms with E-state index in [-0.39, 0.29) is 12.4 Å². The molecule has 2 rings (SSSR count). The van der Waals surface area contributed by atoms with Crippen LogP contribution in [0.15, 0.2) is 6.07 Å². The van der Waals surface area contributed by atoms with E-state index in [1.165, 1.54) is 0 Å². The summed E-state index contributed by atoms with van der Waals surface area (Å²) in [6, 6.07) is 1.88. The van der Waals surface area contributed by atoms with Crippen LogP contribution in [-0.4, -0.2) is 56.5 Å². The standard InChI is InChI=1S/C16H25ClN2O3.ClH/c1-11-13(17)9-12(3-4-18)16(21-2)15(11)14(20)10-19-5-7-22-8-6-19;/h9,14,20H,3-8,10,18H2,1-2H3;1H. The lowest BCUT2D eigenvalue weighted by Crippen LogP contribution is -2.39. The Morgan fingerprint density at radius 3 is 2.65 bits per heavy atom. The van der Waals surface area contributed by atoms with E-state index in [9.17, 15) is 5.11 Å². The fraction of sp³-hybridized carbons (Fsp3) is 0.625. The number of hydrogen-bond donors (Lipinski definition) is 2. The monoisotopic (exact) mass is 364 g/mol. The van der Waals surface area contributed by atoms with Gasteiger partial charge in [-0.15, -0.1) is 12.4 Å². The lowest BCUT2D eigenvalue weighted by Gasteiger charge is -2.30. The van der Waals surface area contributed by atoms with Crippen molar-refractivity contribution in [1.82, 2.24) is 4.90 Å². The number of nitrogens with zero attached hydrogens (tertiary/aromatic N) is 1. The molecular formula is C16H26Cl2N2O3. The highest BCUT2D eigenvalue weighted by Gasteiger charge is 2.24. The molecule has 132 valence electrons. The molecule has 0 saturated carbocycles. The largest absolute Gasteiger partial charge is 0.496 e. The van der Waals surface area contributed by atoms with Gasteiger partial charge in [0.1, 0.15) is 5.75 Å². The molecule has 0 aromatic heterocycles. The molecule has 3 N–H and O–H groups in total. The lowest BCUT2D eigenvalue weighted by atomic mass is 9.96. The van der Waals surface area contributed by atoms with Gasteiger partial charge in [-0.1, -0.05) is 11.6 Å². The van der Waals surface area contributed by atoms with Gasteiger partial charge < -0.3 is 20.3 Å². The fourth-order valence-corrected chi connectivity index (χ4v) is 3.14. The first-order valence-electron chi connectivity index (χ1n) is 7.62. The van der Waals surface area contributed by atoms with Crippen molar-refractivity contribution in [2.45, 2.75) is 19.4 Å². The summed E-state index contributed by atoms with van der Waals surface area (Å²) in [6.45, 7) is 6.03. The third-order valence-corrected chi connectivity index (χ3v) is 4.48. The molecule has 1 aliphatic heterocycles. The van der Waals surface area contributed by atoms with E-state index < -0.39 is 6.10 Å². The van der Waals surface area contributed by atoms with Crippen molar-refractivity contribution in [1.29, 1.82) is 0 Å². The van der Waals surface area contributed by atoms with Gasteiger partial charge in [0.15, 0.2) is 0 Å². The molecule has 1 saturated heterocycles. The summed E-state index contributed by atoms with van der Waals surface area (Å²) in [5.41, 5.74) is 8.24. The number of aliphatic hydroxyl groups excluding tert-OH is 1. The third-order valence-electron chi connectivity index (χ3n) is 4.09. The number of rotatable bonds is 6. The molecular weight excluding hydrogens is 339 g/mol. The summed E-state index contributed by atoms with van der Waals surface area (Å²) in [6.07, 6.45) is 0.0174. The summed E-state index contributed by atoms with van der Waals surface area (Å²) in [5.74, 6) is 0.702. The maximum Gasteiger partial charge on any atom is 0.128 e. The Morgan fingerprint density at radius 1 is 1.43 bits per heavy atom. The minimum absolute atomic E-state index is 0. The van der Waals surface area contributed by atoms with Crippen LogP contribution in [0.1, 0.15) is 22.8 Å². The summed E-state index contributed by atoms with van der Waals surface area (Å²) in [7, 11) is 1.62. The third kappa shape index (κ3) is 4.95.